The highest BCUT2D eigenvalue weighted by Gasteiger charge is 2.51. The number of rotatable bonds is 5. The highest BCUT2D eigenvalue weighted by Crippen LogP contribution is 2.46. The summed E-state index contributed by atoms with van der Waals surface area (Å²) in [7, 11) is -0.468. The number of thioether (sulfide) groups is 1. The predicted molar refractivity (Wildman–Crippen MR) is 152 cm³/mol. The van der Waals surface area contributed by atoms with Crippen LogP contribution < -0.4 is 5.46 Å². The van der Waals surface area contributed by atoms with Crippen LogP contribution in [0, 0.1) is 11.3 Å². The molecule has 0 aliphatic carbocycles. The summed E-state index contributed by atoms with van der Waals surface area (Å²) < 4.78 is 17.9. The van der Waals surface area contributed by atoms with Crippen molar-refractivity contribution < 1.29 is 23.6 Å². The predicted octanol–water partition coefficient (Wildman–Crippen LogP) is 5.52. The molecule has 1 saturated heterocycles. The topological polar surface area (TPSA) is 74.2 Å². The van der Waals surface area contributed by atoms with Crippen molar-refractivity contribution in [1.29, 1.82) is 0 Å². The van der Waals surface area contributed by atoms with Gasteiger partial charge in [-0.25, -0.2) is 9.79 Å². The fraction of sp³-hybridized carbons (Fsp3) is 0.621. The first-order chi connectivity index (χ1) is 16.8. The highest BCUT2D eigenvalue weighted by atomic mass is 32.2. The van der Waals surface area contributed by atoms with Crippen molar-refractivity contribution in [3.8, 4) is 0 Å². The Bertz CT molecular complexity index is 1080. The number of nitrogens with zero attached hydrogens (tertiary/aromatic N) is 1. The summed E-state index contributed by atoms with van der Waals surface area (Å²) in [6.45, 7) is 21.9. The van der Waals surface area contributed by atoms with E-state index < -0.39 is 29.9 Å². The molecule has 0 saturated carbocycles. The third-order valence-electron chi connectivity index (χ3n) is 6.88. The molecule has 37 heavy (non-hydrogen) atoms. The smallest absolute Gasteiger partial charge is 0.455 e. The second-order valence-electron chi connectivity index (χ2n) is 13.1. The molecule has 2 unspecified atom stereocenters. The van der Waals surface area contributed by atoms with E-state index in [9.17, 15) is 9.59 Å². The number of allylic oxidation sites excluding steroid dienone is 2. The number of esters is 1. The molecule has 1 aromatic rings. The van der Waals surface area contributed by atoms with Gasteiger partial charge in [-0.15, -0.1) is 11.8 Å². The maximum absolute atomic E-state index is 13.3. The van der Waals surface area contributed by atoms with E-state index in [-0.39, 0.29) is 34.6 Å². The number of benzene rings is 1. The Morgan fingerprint density at radius 1 is 1.00 bits per heavy atom. The van der Waals surface area contributed by atoms with Crippen molar-refractivity contribution in [2.24, 2.45) is 16.3 Å². The number of hydrogen-bond acceptors (Lipinski definition) is 6. The van der Waals surface area contributed by atoms with Crippen molar-refractivity contribution in [3.63, 3.8) is 0 Å². The molecular formula is C29H42BNO5S. The normalized spacial score (nSPS) is 23.7. The molecule has 2 aliphatic heterocycles. The lowest BCUT2D eigenvalue weighted by Crippen LogP contribution is -2.41. The van der Waals surface area contributed by atoms with Gasteiger partial charge in [0.25, 0.3) is 5.91 Å². The van der Waals surface area contributed by atoms with Crippen molar-refractivity contribution in [2.75, 3.05) is 0 Å². The van der Waals surface area contributed by atoms with Crippen LogP contribution in [-0.4, -0.2) is 46.8 Å². The van der Waals surface area contributed by atoms with E-state index >= 15 is 0 Å². The molecule has 2 heterocycles. The zero-order valence-corrected chi connectivity index (χ0v) is 25.0. The van der Waals surface area contributed by atoms with Crippen LogP contribution in [0.4, 0.5) is 0 Å². The van der Waals surface area contributed by atoms with Gasteiger partial charge in [0.05, 0.1) is 16.5 Å². The van der Waals surface area contributed by atoms with E-state index in [2.05, 4.69) is 31.8 Å². The van der Waals surface area contributed by atoms with Gasteiger partial charge in [-0.1, -0.05) is 58.0 Å². The van der Waals surface area contributed by atoms with Gasteiger partial charge in [0.1, 0.15) is 11.3 Å². The van der Waals surface area contributed by atoms with Crippen LogP contribution in [0.15, 0.2) is 40.2 Å². The van der Waals surface area contributed by atoms with Gasteiger partial charge in [0.2, 0.25) is 0 Å². The van der Waals surface area contributed by atoms with Crippen LogP contribution in [0.2, 0.25) is 0 Å². The number of aliphatic imine (C=N–C) groups is 1. The number of ether oxygens (including phenoxy) is 1. The van der Waals surface area contributed by atoms with E-state index in [4.69, 9.17) is 14.0 Å². The maximum atomic E-state index is 13.3. The summed E-state index contributed by atoms with van der Waals surface area (Å²) in [4.78, 5) is 31.9. The van der Waals surface area contributed by atoms with Gasteiger partial charge in [0.15, 0.2) is 0 Å². The van der Waals surface area contributed by atoms with Crippen LogP contribution in [0.1, 0.15) is 81.7 Å². The molecule has 1 aromatic carbocycles. The van der Waals surface area contributed by atoms with Gasteiger partial charge in [-0.3, -0.25) is 4.79 Å². The van der Waals surface area contributed by atoms with Crippen molar-refractivity contribution in [1.82, 2.24) is 0 Å². The van der Waals surface area contributed by atoms with Crippen molar-refractivity contribution >= 4 is 41.9 Å². The fourth-order valence-corrected chi connectivity index (χ4v) is 5.33. The van der Waals surface area contributed by atoms with Crippen LogP contribution in [0.25, 0.3) is 0 Å². The molecule has 1 amide bonds. The minimum Gasteiger partial charge on any atom is -0.455 e. The number of carbonyl (C=O) groups excluding carboxylic acids is 2. The van der Waals surface area contributed by atoms with Gasteiger partial charge >= 0.3 is 13.1 Å². The maximum Gasteiger partial charge on any atom is 0.494 e. The summed E-state index contributed by atoms with van der Waals surface area (Å²) >= 11 is 1.55. The summed E-state index contributed by atoms with van der Waals surface area (Å²) in [5, 5.41) is -0.350. The van der Waals surface area contributed by atoms with Crippen molar-refractivity contribution in [2.45, 2.75) is 105 Å². The Balaban J connectivity index is 1.81. The molecule has 0 N–H and O–H groups in total. The zero-order valence-electron chi connectivity index (χ0n) is 24.2. The van der Waals surface area contributed by atoms with E-state index in [1.807, 2.05) is 58.9 Å². The minimum atomic E-state index is -0.697. The minimum absolute atomic E-state index is 0.0366. The first kappa shape index (κ1) is 29.7. The third kappa shape index (κ3) is 7.15. The first-order valence-electron chi connectivity index (χ1n) is 13.0. The SMILES string of the molecule is CC1C=C(C(C)(C)C)SC1C(=O)N=C(Cc1ccc(B2OC(C)(C)C(C)(C)O2)cc1)C(=O)OC(C)(C)C. The van der Waals surface area contributed by atoms with Crippen LogP contribution in [-0.2, 0) is 30.1 Å². The lowest BCUT2D eigenvalue weighted by Gasteiger charge is -2.32. The van der Waals surface area contributed by atoms with Gasteiger partial charge < -0.3 is 14.0 Å². The summed E-state index contributed by atoms with van der Waals surface area (Å²) in [5.74, 6) is -0.840. The number of carbonyl (C=O) groups is 2. The summed E-state index contributed by atoms with van der Waals surface area (Å²) in [5.41, 5.74) is 0.266. The lowest BCUT2D eigenvalue weighted by molar-refractivity contribution is -0.146. The Labute approximate surface area is 227 Å². The van der Waals surface area contributed by atoms with Crippen LogP contribution in [0.3, 0.4) is 0 Å². The van der Waals surface area contributed by atoms with Crippen LogP contribution in [0.5, 0.6) is 0 Å². The molecular weight excluding hydrogens is 485 g/mol. The van der Waals surface area contributed by atoms with Gasteiger partial charge in [-0.2, -0.15) is 0 Å². The Morgan fingerprint density at radius 2 is 1.54 bits per heavy atom. The molecule has 2 atom stereocenters. The average Bonchev–Trinajstić information content (AvgIpc) is 3.23. The quantitative estimate of drug-likeness (QED) is 0.285. The molecule has 6 nitrogen and oxygen atoms in total. The van der Waals surface area contributed by atoms with E-state index in [1.165, 1.54) is 4.91 Å². The van der Waals surface area contributed by atoms with E-state index in [0.717, 1.165) is 11.0 Å². The summed E-state index contributed by atoms with van der Waals surface area (Å²) in [6, 6.07) is 7.69. The highest BCUT2D eigenvalue weighted by molar-refractivity contribution is 8.04. The largest absolute Gasteiger partial charge is 0.494 e. The molecule has 0 radical (unpaired) electrons. The second kappa shape index (κ2) is 10.3. The molecule has 0 bridgehead atoms. The molecule has 0 aromatic heterocycles. The Hall–Kier alpha value is -1.90. The average molecular weight is 528 g/mol. The van der Waals surface area contributed by atoms with Gasteiger partial charge in [-0.05, 0) is 75.7 Å². The zero-order chi connectivity index (χ0) is 28.0. The second-order valence-corrected chi connectivity index (χ2v) is 14.3. The third-order valence-corrected chi connectivity index (χ3v) is 8.77. The van der Waals surface area contributed by atoms with Crippen molar-refractivity contribution in [3.05, 3.63) is 40.8 Å². The van der Waals surface area contributed by atoms with Gasteiger partial charge in [0, 0.05) is 6.42 Å². The number of hydrogen-bond donors (Lipinski definition) is 0. The first-order valence-corrected chi connectivity index (χ1v) is 13.9. The Morgan fingerprint density at radius 3 is 2.00 bits per heavy atom. The lowest BCUT2D eigenvalue weighted by atomic mass is 9.78. The fourth-order valence-electron chi connectivity index (χ4n) is 3.97. The number of amides is 1. The molecule has 2 aliphatic rings. The van der Waals surface area contributed by atoms with E-state index in [1.54, 1.807) is 32.5 Å². The summed E-state index contributed by atoms with van der Waals surface area (Å²) in [6.07, 6.45) is 2.33. The van der Waals surface area contributed by atoms with E-state index in [0.29, 0.717) is 0 Å². The standard InChI is InChI=1S/C29H42BNO5S/c1-18-16-22(26(2,3)4)37-23(18)24(32)31-21(25(33)34-27(5,6)7)17-19-12-14-20(15-13-19)30-35-28(8,9)29(10,11)36-30/h12-16,18,23H,17H2,1-11H3. The molecule has 0 spiro atoms. The van der Waals surface area contributed by atoms with Crippen LogP contribution >= 0.6 is 11.8 Å². The molecule has 3 rings (SSSR count). The molecule has 8 heteroatoms. The Kier molecular flexibility index (Phi) is 8.29. The molecule has 1 fully saturated rings. The molecule has 202 valence electrons. The monoisotopic (exact) mass is 527 g/mol.